The largest absolute Gasteiger partial charge is 0.461 e. The van der Waals surface area contributed by atoms with Gasteiger partial charge in [-0.25, -0.2) is 0 Å². The van der Waals surface area contributed by atoms with Gasteiger partial charge in [-0.3, -0.25) is 9.59 Å². The number of allylic oxidation sites excluding steroid dienone is 17. The summed E-state index contributed by atoms with van der Waals surface area (Å²) >= 11 is 0. The maximum Gasteiger partial charge on any atom is 0.309 e. The lowest BCUT2D eigenvalue weighted by molar-refractivity contribution is -0.162. The van der Waals surface area contributed by atoms with E-state index < -0.39 is 6.10 Å². The highest BCUT2D eigenvalue weighted by Gasteiger charge is 2.17. The second-order valence-corrected chi connectivity index (χ2v) is 13.5. The lowest BCUT2D eigenvalue weighted by atomic mass is 10.1. The van der Waals surface area contributed by atoms with Crippen LogP contribution in [0.4, 0.5) is 0 Å². The number of carbonyl (C=O) groups excluding carboxylic acids is 2. The van der Waals surface area contributed by atoms with E-state index in [0.717, 1.165) is 70.6 Å². The molecule has 5 nitrogen and oxygen atoms in total. The molecule has 5 heteroatoms. The average Bonchev–Trinajstić information content (AvgIpc) is 3.17. The van der Waals surface area contributed by atoms with Crippen molar-refractivity contribution in [1.29, 1.82) is 0 Å². The molecule has 1 unspecified atom stereocenters. The third-order valence-corrected chi connectivity index (χ3v) is 8.35. The van der Waals surface area contributed by atoms with E-state index in [9.17, 15) is 9.59 Å². The van der Waals surface area contributed by atoms with Crippen LogP contribution in [0.2, 0.25) is 0 Å². The molecule has 0 aromatic heterocycles. The predicted molar refractivity (Wildman–Crippen MR) is 233 cm³/mol. The van der Waals surface area contributed by atoms with Crippen LogP contribution in [0.3, 0.4) is 0 Å². The summed E-state index contributed by atoms with van der Waals surface area (Å²) in [4.78, 5) is 25.1. The van der Waals surface area contributed by atoms with Gasteiger partial charge in [-0.1, -0.05) is 188 Å². The lowest BCUT2D eigenvalue weighted by Crippen LogP contribution is -2.30. The van der Waals surface area contributed by atoms with Gasteiger partial charge in [-0.2, -0.15) is 0 Å². The summed E-state index contributed by atoms with van der Waals surface area (Å²) in [6.07, 6.45) is 59.8. The number of hydrogen-bond acceptors (Lipinski definition) is 5. The number of esters is 2. The van der Waals surface area contributed by atoms with Crippen LogP contribution >= 0.6 is 0 Å². The van der Waals surface area contributed by atoms with Crippen LogP contribution in [-0.4, -0.2) is 37.9 Å². The van der Waals surface area contributed by atoms with Gasteiger partial charge in [0, 0.05) is 13.0 Å². The highest BCUT2D eigenvalue weighted by Crippen LogP contribution is 2.11. The van der Waals surface area contributed by atoms with Gasteiger partial charge in [-0.15, -0.1) is 0 Å². The Hall–Kier alpha value is -3.44. The number of carbonyl (C=O) groups is 2. The summed E-state index contributed by atoms with van der Waals surface area (Å²) in [7, 11) is 0. The lowest BCUT2D eigenvalue weighted by Gasteiger charge is -2.18. The van der Waals surface area contributed by atoms with Crippen molar-refractivity contribution in [3.05, 3.63) is 109 Å². The van der Waals surface area contributed by atoms with E-state index in [1.54, 1.807) is 0 Å². The highest BCUT2D eigenvalue weighted by molar-refractivity contribution is 5.71. The Labute approximate surface area is 332 Å². The Morgan fingerprint density at radius 3 is 1.31 bits per heavy atom. The van der Waals surface area contributed by atoms with Gasteiger partial charge in [0.1, 0.15) is 6.61 Å². The molecule has 0 radical (unpaired) electrons. The Morgan fingerprint density at radius 2 is 0.852 bits per heavy atom. The molecule has 0 saturated heterocycles. The van der Waals surface area contributed by atoms with Gasteiger partial charge in [-0.05, 0) is 70.6 Å². The third kappa shape index (κ3) is 41.3. The summed E-state index contributed by atoms with van der Waals surface area (Å²) in [5.74, 6) is -0.647. The van der Waals surface area contributed by atoms with E-state index in [2.05, 4.69) is 112 Å². The van der Waals surface area contributed by atoms with E-state index >= 15 is 0 Å². The van der Waals surface area contributed by atoms with Crippen molar-refractivity contribution < 1.29 is 23.8 Å². The van der Waals surface area contributed by atoms with Gasteiger partial charge >= 0.3 is 11.9 Å². The van der Waals surface area contributed by atoms with Crippen molar-refractivity contribution in [2.45, 2.75) is 168 Å². The fourth-order valence-corrected chi connectivity index (χ4v) is 5.24. The minimum absolute atomic E-state index is 0.00270. The number of hydrogen-bond donors (Lipinski definition) is 0. The van der Waals surface area contributed by atoms with E-state index in [-0.39, 0.29) is 38.0 Å². The van der Waals surface area contributed by atoms with Crippen LogP contribution in [0.15, 0.2) is 109 Å². The SMILES string of the molecule is CC/C=C\C/C=C\C/C=C\C/C=C\C/C=C\CC(=O)OCC(COCCCCCCCCCCCC)OC(=O)CC/C=C\C/C=C\C/C=C\C/C=C\CC. The summed E-state index contributed by atoms with van der Waals surface area (Å²) in [6.45, 7) is 7.37. The van der Waals surface area contributed by atoms with Gasteiger partial charge in [0.05, 0.1) is 13.0 Å². The number of unbranched alkanes of at least 4 members (excludes halogenated alkanes) is 9. The molecule has 0 spiro atoms. The maximum absolute atomic E-state index is 12.6. The van der Waals surface area contributed by atoms with Gasteiger partial charge in [0.15, 0.2) is 6.10 Å². The van der Waals surface area contributed by atoms with E-state index in [1.807, 2.05) is 18.2 Å². The smallest absolute Gasteiger partial charge is 0.309 e. The third-order valence-electron chi connectivity index (χ3n) is 8.35. The van der Waals surface area contributed by atoms with Gasteiger partial charge < -0.3 is 14.2 Å². The topological polar surface area (TPSA) is 61.8 Å². The molecule has 0 amide bonds. The van der Waals surface area contributed by atoms with Crippen molar-refractivity contribution in [2.24, 2.45) is 0 Å². The van der Waals surface area contributed by atoms with Crippen LogP contribution in [0.1, 0.15) is 162 Å². The molecular formula is C49H78O5. The first-order valence-corrected chi connectivity index (χ1v) is 21.4. The zero-order chi connectivity index (χ0) is 39.3. The predicted octanol–water partition coefficient (Wildman–Crippen LogP) is 14.1. The van der Waals surface area contributed by atoms with Gasteiger partial charge in [0.2, 0.25) is 0 Å². The molecular weight excluding hydrogens is 669 g/mol. The first-order chi connectivity index (χ1) is 26.6. The average molecular weight is 747 g/mol. The summed E-state index contributed by atoms with van der Waals surface area (Å²) < 4.78 is 17.1. The monoisotopic (exact) mass is 747 g/mol. The van der Waals surface area contributed by atoms with Crippen LogP contribution in [0.5, 0.6) is 0 Å². The van der Waals surface area contributed by atoms with Crippen LogP contribution < -0.4 is 0 Å². The number of ether oxygens (including phenoxy) is 3. The summed E-state index contributed by atoms with van der Waals surface area (Å²) in [5, 5.41) is 0. The Bertz CT molecular complexity index is 1120. The molecule has 0 aliphatic rings. The zero-order valence-electron chi connectivity index (χ0n) is 34.7. The highest BCUT2D eigenvalue weighted by atomic mass is 16.6. The molecule has 0 fully saturated rings. The first kappa shape index (κ1) is 50.6. The maximum atomic E-state index is 12.6. The van der Waals surface area contributed by atoms with Crippen molar-refractivity contribution in [1.82, 2.24) is 0 Å². The molecule has 54 heavy (non-hydrogen) atoms. The normalized spacial score (nSPS) is 13.3. The number of rotatable bonds is 37. The first-order valence-electron chi connectivity index (χ1n) is 21.4. The standard InChI is InChI=1S/C49H78O5/c1-4-7-10-13-16-19-22-24-25-27-28-30-33-36-39-42-48(50)53-46-47(45-52-44-41-38-35-32-21-18-15-12-9-6-3)54-49(51)43-40-37-34-31-29-26-23-20-17-14-11-8-5-2/h7-8,10-11,16-17,19-20,24-26,28-30,34,36-37,39,47H,4-6,9,12-15,18,21-23,27,31-33,35,38,40-46H2,1-3H3/b10-7-,11-8-,19-16-,20-17-,25-24-,29-26-,30-28-,37-34-,39-36-. The second-order valence-electron chi connectivity index (χ2n) is 13.5. The van der Waals surface area contributed by atoms with Crippen LogP contribution in [0, 0.1) is 0 Å². The zero-order valence-corrected chi connectivity index (χ0v) is 34.7. The molecule has 0 aliphatic heterocycles. The summed E-state index contributed by atoms with van der Waals surface area (Å²) in [5.41, 5.74) is 0. The molecule has 0 saturated carbocycles. The quantitative estimate of drug-likeness (QED) is 0.0360. The molecule has 0 N–H and O–H groups in total. The van der Waals surface area contributed by atoms with Gasteiger partial charge in [0.25, 0.3) is 0 Å². The molecule has 0 bridgehead atoms. The fraction of sp³-hybridized carbons (Fsp3) is 0.592. The molecule has 0 aliphatic carbocycles. The minimum Gasteiger partial charge on any atom is -0.461 e. The van der Waals surface area contributed by atoms with Crippen LogP contribution in [0.25, 0.3) is 0 Å². The van der Waals surface area contributed by atoms with Crippen molar-refractivity contribution in [3.63, 3.8) is 0 Å². The molecule has 0 heterocycles. The Kier molecular flexibility index (Phi) is 41.2. The van der Waals surface area contributed by atoms with Crippen molar-refractivity contribution in [2.75, 3.05) is 19.8 Å². The summed E-state index contributed by atoms with van der Waals surface area (Å²) in [6, 6.07) is 0. The molecule has 0 rings (SSSR count). The molecule has 304 valence electrons. The van der Waals surface area contributed by atoms with E-state index in [0.29, 0.717) is 13.0 Å². The molecule has 0 aromatic carbocycles. The van der Waals surface area contributed by atoms with E-state index in [1.165, 1.54) is 51.4 Å². The van der Waals surface area contributed by atoms with Crippen molar-refractivity contribution >= 4 is 11.9 Å². The Morgan fingerprint density at radius 1 is 0.444 bits per heavy atom. The Balaban J connectivity index is 4.51. The van der Waals surface area contributed by atoms with Crippen LogP contribution in [-0.2, 0) is 23.8 Å². The van der Waals surface area contributed by atoms with E-state index in [4.69, 9.17) is 14.2 Å². The van der Waals surface area contributed by atoms with Crippen molar-refractivity contribution in [3.8, 4) is 0 Å². The molecule has 0 aromatic rings. The minimum atomic E-state index is -0.615. The fourth-order valence-electron chi connectivity index (χ4n) is 5.24. The molecule has 1 atom stereocenters. The second kappa shape index (κ2) is 44.0.